The van der Waals surface area contributed by atoms with E-state index in [1.807, 2.05) is 12.1 Å². The molecule has 0 fully saturated rings. The number of rotatable bonds is 3. The van der Waals surface area contributed by atoms with Gasteiger partial charge in [-0.3, -0.25) is 0 Å². The molecule has 0 spiro atoms. The zero-order chi connectivity index (χ0) is 15.5. The molecule has 0 amide bonds. The molecule has 122 valence electrons. The zero-order valence-corrected chi connectivity index (χ0v) is 16.4. The first kappa shape index (κ1) is 18.2. The number of hydrogen-bond donors (Lipinski definition) is 2. The van der Waals surface area contributed by atoms with Crippen LogP contribution in [0.15, 0.2) is 45.9 Å². The number of nitrogens with two attached hydrogens (primary N) is 1. The topological polar surface area (TPSA) is 50.4 Å². The molecule has 0 saturated carbocycles. The van der Waals surface area contributed by atoms with Crippen molar-refractivity contribution in [1.82, 2.24) is 0 Å². The van der Waals surface area contributed by atoms with Crippen LogP contribution in [0.5, 0.6) is 0 Å². The van der Waals surface area contributed by atoms with Crippen LogP contribution in [-0.4, -0.2) is 5.96 Å². The lowest BCUT2D eigenvalue weighted by Crippen LogP contribution is -2.22. The molecule has 23 heavy (non-hydrogen) atoms. The lowest BCUT2D eigenvalue weighted by atomic mass is 10.1. The lowest BCUT2D eigenvalue weighted by Gasteiger charge is -2.08. The maximum atomic E-state index is 13.4. The Morgan fingerprint density at radius 1 is 1.17 bits per heavy atom. The molecule has 3 N–H and O–H groups in total. The molecule has 0 atom stereocenters. The molecule has 0 bridgehead atoms. The van der Waals surface area contributed by atoms with Gasteiger partial charge >= 0.3 is 0 Å². The molecular weight excluding hydrogens is 472 g/mol. The van der Waals surface area contributed by atoms with Crippen LogP contribution in [0, 0.1) is 5.82 Å². The van der Waals surface area contributed by atoms with Gasteiger partial charge in [0.2, 0.25) is 0 Å². The predicted octanol–water partition coefficient (Wildman–Crippen LogP) is 4.62. The van der Waals surface area contributed by atoms with Crippen LogP contribution in [0.2, 0.25) is 0 Å². The van der Waals surface area contributed by atoms with Gasteiger partial charge in [-0.25, -0.2) is 9.38 Å². The van der Waals surface area contributed by atoms with Gasteiger partial charge in [-0.15, -0.1) is 24.0 Å². The molecule has 6 heteroatoms. The monoisotopic (exact) mass is 489 g/mol. The Labute approximate surface area is 160 Å². The molecule has 1 aliphatic rings. The van der Waals surface area contributed by atoms with Crippen LogP contribution >= 0.6 is 39.9 Å². The minimum atomic E-state index is -0.294. The highest BCUT2D eigenvalue weighted by atomic mass is 127. The van der Waals surface area contributed by atoms with Crippen molar-refractivity contribution >= 4 is 51.6 Å². The van der Waals surface area contributed by atoms with Gasteiger partial charge in [-0.2, -0.15) is 0 Å². The standard InChI is InChI=1S/C17H17BrFN3.HI/c18-15-7-4-11(8-16(15)19)10-21-17(20)22-14-6-5-12-2-1-3-13(12)9-14;/h4-9H,1-3,10H2,(H3,20,21,22);1H. The molecule has 0 radical (unpaired) electrons. The fraction of sp³-hybridized carbons (Fsp3) is 0.235. The van der Waals surface area contributed by atoms with Crippen LogP contribution in [-0.2, 0) is 19.4 Å². The summed E-state index contributed by atoms with van der Waals surface area (Å²) in [6.45, 7) is 0.341. The molecule has 0 saturated heterocycles. The molecule has 3 rings (SSSR count). The average molecular weight is 490 g/mol. The van der Waals surface area contributed by atoms with Gasteiger partial charge < -0.3 is 11.1 Å². The van der Waals surface area contributed by atoms with Crippen molar-refractivity contribution < 1.29 is 4.39 Å². The van der Waals surface area contributed by atoms with Crippen LogP contribution in [0.25, 0.3) is 0 Å². The Bertz CT molecular complexity index is 734. The summed E-state index contributed by atoms with van der Waals surface area (Å²) in [6, 6.07) is 11.2. The van der Waals surface area contributed by atoms with Gasteiger partial charge in [0.25, 0.3) is 0 Å². The first-order chi connectivity index (χ1) is 10.6. The van der Waals surface area contributed by atoms with E-state index >= 15 is 0 Å². The fourth-order valence-electron chi connectivity index (χ4n) is 2.65. The number of aliphatic imine (C=N–C) groups is 1. The molecule has 3 nitrogen and oxygen atoms in total. The van der Waals surface area contributed by atoms with Crippen molar-refractivity contribution in [1.29, 1.82) is 0 Å². The van der Waals surface area contributed by atoms with Crippen LogP contribution in [0.4, 0.5) is 10.1 Å². The molecule has 2 aromatic rings. The summed E-state index contributed by atoms with van der Waals surface area (Å²) in [7, 11) is 0. The van der Waals surface area contributed by atoms with E-state index in [1.54, 1.807) is 6.07 Å². The number of nitrogens with one attached hydrogen (secondary N) is 1. The number of halogens is 3. The highest BCUT2D eigenvalue weighted by Crippen LogP contribution is 2.24. The van der Waals surface area contributed by atoms with Crippen molar-refractivity contribution in [3.05, 3.63) is 63.4 Å². The van der Waals surface area contributed by atoms with Crippen molar-refractivity contribution in [3.63, 3.8) is 0 Å². The van der Waals surface area contributed by atoms with Gasteiger partial charge in [0.15, 0.2) is 5.96 Å². The molecule has 0 heterocycles. The van der Waals surface area contributed by atoms with Crippen LogP contribution < -0.4 is 11.1 Å². The van der Waals surface area contributed by atoms with Gasteiger partial charge in [0.1, 0.15) is 5.82 Å². The van der Waals surface area contributed by atoms with E-state index in [1.165, 1.54) is 23.6 Å². The molecular formula is C17H18BrFIN3. The lowest BCUT2D eigenvalue weighted by molar-refractivity contribution is 0.619. The normalized spacial score (nSPS) is 13.4. The van der Waals surface area contributed by atoms with Crippen molar-refractivity contribution in [2.75, 3.05) is 5.32 Å². The summed E-state index contributed by atoms with van der Waals surface area (Å²) in [5.74, 6) is 0.0409. The first-order valence-electron chi connectivity index (χ1n) is 7.24. The number of benzene rings is 2. The van der Waals surface area contributed by atoms with Gasteiger partial charge in [-0.1, -0.05) is 12.1 Å². The SMILES string of the molecule is I.NC(=NCc1ccc(Br)c(F)c1)Nc1ccc2c(c1)CCC2. The van der Waals surface area contributed by atoms with Gasteiger partial charge in [0.05, 0.1) is 11.0 Å². The fourth-order valence-corrected chi connectivity index (χ4v) is 2.90. The minimum Gasteiger partial charge on any atom is -0.370 e. The van der Waals surface area contributed by atoms with E-state index in [9.17, 15) is 4.39 Å². The predicted molar refractivity (Wildman–Crippen MR) is 107 cm³/mol. The highest BCUT2D eigenvalue weighted by molar-refractivity contribution is 14.0. The Morgan fingerprint density at radius 3 is 2.74 bits per heavy atom. The van der Waals surface area contributed by atoms with Crippen LogP contribution in [0.1, 0.15) is 23.1 Å². The molecule has 0 aliphatic heterocycles. The maximum Gasteiger partial charge on any atom is 0.193 e. The molecule has 1 aliphatic carbocycles. The third-order valence-corrected chi connectivity index (χ3v) is 4.43. The van der Waals surface area contributed by atoms with E-state index in [0.29, 0.717) is 17.0 Å². The van der Waals surface area contributed by atoms with E-state index in [4.69, 9.17) is 5.73 Å². The number of aryl methyl sites for hydroxylation is 2. The number of nitrogens with zero attached hydrogens (tertiary/aromatic N) is 1. The number of guanidine groups is 1. The third kappa shape index (κ3) is 4.67. The Balaban J connectivity index is 0.00000192. The summed E-state index contributed by atoms with van der Waals surface area (Å²) in [5, 5.41) is 3.09. The van der Waals surface area contributed by atoms with Gasteiger partial charge in [0, 0.05) is 5.69 Å². The molecule has 0 unspecified atom stereocenters. The second-order valence-electron chi connectivity index (χ2n) is 5.41. The number of hydrogen-bond acceptors (Lipinski definition) is 1. The third-order valence-electron chi connectivity index (χ3n) is 3.79. The summed E-state index contributed by atoms with van der Waals surface area (Å²) < 4.78 is 13.9. The van der Waals surface area contributed by atoms with E-state index in [-0.39, 0.29) is 29.8 Å². The minimum absolute atomic E-state index is 0. The van der Waals surface area contributed by atoms with E-state index in [0.717, 1.165) is 24.1 Å². The quantitative estimate of drug-likeness (QED) is 0.375. The first-order valence-corrected chi connectivity index (χ1v) is 8.04. The second-order valence-corrected chi connectivity index (χ2v) is 6.27. The highest BCUT2D eigenvalue weighted by Gasteiger charge is 2.10. The number of anilines is 1. The Kier molecular flexibility index (Phi) is 6.41. The van der Waals surface area contributed by atoms with Crippen LogP contribution in [0.3, 0.4) is 0 Å². The molecule has 0 aromatic heterocycles. The second kappa shape index (κ2) is 8.10. The summed E-state index contributed by atoms with van der Waals surface area (Å²) >= 11 is 3.13. The average Bonchev–Trinajstić information content (AvgIpc) is 2.96. The van der Waals surface area contributed by atoms with Gasteiger partial charge in [-0.05, 0) is 76.1 Å². The van der Waals surface area contributed by atoms with Crippen molar-refractivity contribution in [2.24, 2.45) is 10.7 Å². The van der Waals surface area contributed by atoms with E-state index in [2.05, 4.69) is 38.4 Å². The summed E-state index contributed by atoms with van der Waals surface area (Å²) in [4.78, 5) is 4.26. The summed E-state index contributed by atoms with van der Waals surface area (Å²) in [5.41, 5.74) is 10.4. The maximum absolute atomic E-state index is 13.4. The largest absolute Gasteiger partial charge is 0.370 e. The van der Waals surface area contributed by atoms with Crippen molar-refractivity contribution in [2.45, 2.75) is 25.8 Å². The molecule has 2 aromatic carbocycles. The smallest absolute Gasteiger partial charge is 0.193 e. The Hall–Kier alpha value is -1.15. The zero-order valence-electron chi connectivity index (χ0n) is 12.5. The van der Waals surface area contributed by atoms with E-state index < -0.39 is 0 Å². The summed E-state index contributed by atoms with van der Waals surface area (Å²) in [6.07, 6.45) is 3.51. The van der Waals surface area contributed by atoms with Crippen molar-refractivity contribution in [3.8, 4) is 0 Å². The Morgan fingerprint density at radius 2 is 1.96 bits per heavy atom. The number of fused-ring (bicyclic) bond motifs is 1.